The molecular weight excluding hydrogens is 290 g/mol. The van der Waals surface area contributed by atoms with Crippen molar-refractivity contribution in [2.75, 3.05) is 18.6 Å². The molecule has 0 spiro atoms. The van der Waals surface area contributed by atoms with Crippen LogP contribution in [0, 0.1) is 0 Å². The van der Waals surface area contributed by atoms with Crippen LogP contribution in [0.3, 0.4) is 0 Å². The number of aliphatic imine (C=N–C) groups is 1. The number of hydrogen-bond donors (Lipinski definition) is 0. The molecule has 0 aliphatic carbocycles. The first-order chi connectivity index (χ1) is 9.69. The van der Waals surface area contributed by atoms with Gasteiger partial charge in [0.1, 0.15) is 6.08 Å². The van der Waals surface area contributed by atoms with Gasteiger partial charge in [-0.15, -0.1) is 0 Å². The maximum atomic E-state index is 11.7. The second-order valence-electron chi connectivity index (χ2n) is 5.59. The minimum atomic E-state index is -0.829. The molecule has 0 aromatic heterocycles. The van der Waals surface area contributed by atoms with Crippen LogP contribution in [0.1, 0.15) is 41.0 Å². The van der Waals surface area contributed by atoms with Crippen molar-refractivity contribution >= 4 is 23.8 Å². The topological polar surface area (TPSA) is 71.0 Å². The van der Waals surface area contributed by atoms with Crippen LogP contribution in [0.2, 0.25) is 0 Å². The van der Waals surface area contributed by atoms with Gasteiger partial charge in [0, 0.05) is 17.1 Å². The Morgan fingerprint density at radius 2 is 2.05 bits per heavy atom. The number of allylic oxidation sites excluding steroid dienone is 1. The van der Waals surface area contributed by atoms with E-state index in [1.165, 1.54) is 24.4 Å². The average Bonchev–Trinajstić information content (AvgIpc) is 2.38. The number of carbonyl (C=O) groups is 1. The number of thioether (sulfide) groups is 1. The summed E-state index contributed by atoms with van der Waals surface area (Å²) in [5.41, 5.74) is 0.663. The number of carbonyl (C=O) groups excluding carboxylic acids is 1. The van der Waals surface area contributed by atoms with E-state index in [0.717, 1.165) is 12.2 Å². The van der Waals surface area contributed by atoms with E-state index in [1.807, 2.05) is 0 Å². The van der Waals surface area contributed by atoms with E-state index in [2.05, 4.69) is 29.7 Å². The van der Waals surface area contributed by atoms with E-state index in [4.69, 9.17) is 4.74 Å². The lowest BCUT2D eigenvalue weighted by molar-refractivity contribution is -0.261. The lowest BCUT2D eigenvalue weighted by Crippen LogP contribution is -2.35. The second-order valence-corrected chi connectivity index (χ2v) is 6.66. The number of methoxy groups -OCH3 is 1. The Kier molecular flexibility index (Phi) is 9.17. The van der Waals surface area contributed by atoms with E-state index in [0.29, 0.717) is 5.75 Å². The molecule has 1 atom stereocenters. The van der Waals surface area contributed by atoms with Crippen molar-refractivity contribution in [3.8, 4) is 0 Å². The summed E-state index contributed by atoms with van der Waals surface area (Å²) in [6.45, 7) is 9.40. The standard InChI is InChI=1S/C15H27NO4S/c1-7-11(2)8-9-21-10-12(13(17)19-6)16-14(18)20-15(3,4)5/h8,12H,7,9-10H2,1-6H3,(H,16,18)/p-1/b11-8+/t12-/m0/s1. The summed E-state index contributed by atoms with van der Waals surface area (Å²) in [7, 11) is 1.28. The molecule has 0 unspecified atom stereocenters. The molecular formula is C15H26NO4S-. The number of hydrogen-bond acceptors (Lipinski definition) is 6. The highest BCUT2D eigenvalue weighted by Gasteiger charge is 2.18. The van der Waals surface area contributed by atoms with Gasteiger partial charge < -0.3 is 14.6 Å². The van der Waals surface area contributed by atoms with Gasteiger partial charge in [-0.25, -0.2) is 4.79 Å². The van der Waals surface area contributed by atoms with Gasteiger partial charge in [-0.3, -0.25) is 4.99 Å². The normalized spacial score (nSPS) is 14.8. The van der Waals surface area contributed by atoms with Crippen LogP contribution in [0.15, 0.2) is 16.6 Å². The van der Waals surface area contributed by atoms with Crippen molar-refractivity contribution in [1.82, 2.24) is 0 Å². The van der Waals surface area contributed by atoms with Crippen molar-refractivity contribution in [3.63, 3.8) is 0 Å². The van der Waals surface area contributed by atoms with Crippen molar-refractivity contribution in [1.29, 1.82) is 0 Å². The zero-order valence-corrected chi connectivity index (χ0v) is 14.6. The largest absolute Gasteiger partial charge is 0.595 e. The minimum absolute atomic E-state index is 0.388. The third kappa shape index (κ3) is 10.2. The first kappa shape index (κ1) is 19.8. The molecule has 0 aromatic carbocycles. The van der Waals surface area contributed by atoms with Gasteiger partial charge in [0.2, 0.25) is 0 Å². The number of ether oxygens (including phenoxy) is 2. The van der Waals surface area contributed by atoms with Crippen LogP contribution < -0.4 is 5.11 Å². The van der Waals surface area contributed by atoms with Gasteiger partial charge in [-0.05, 0) is 13.3 Å². The molecule has 0 aliphatic rings. The maximum absolute atomic E-state index is 11.7. The summed E-state index contributed by atoms with van der Waals surface area (Å²) in [4.78, 5) is 15.4. The summed E-state index contributed by atoms with van der Waals surface area (Å²) in [6, 6.07) is -0.829. The maximum Gasteiger partial charge on any atom is 0.331 e. The number of esters is 1. The first-order valence-corrected chi connectivity index (χ1v) is 8.10. The molecule has 0 N–H and O–H groups in total. The van der Waals surface area contributed by atoms with Crippen molar-refractivity contribution in [2.24, 2.45) is 4.99 Å². The first-order valence-electron chi connectivity index (χ1n) is 6.94. The average molecular weight is 316 g/mol. The smallest absolute Gasteiger partial charge is 0.331 e. The third-order valence-corrected chi connectivity index (χ3v) is 3.46. The Morgan fingerprint density at radius 1 is 1.43 bits per heavy atom. The Bertz CT molecular complexity index is 386. The van der Waals surface area contributed by atoms with Crippen LogP contribution in [0.25, 0.3) is 0 Å². The van der Waals surface area contributed by atoms with Gasteiger partial charge in [0.25, 0.3) is 0 Å². The lowest BCUT2D eigenvalue weighted by Gasteiger charge is -2.30. The molecule has 5 nitrogen and oxygen atoms in total. The van der Waals surface area contributed by atoms with Crippen LogP contribution in [-0.2, 0) is 14.3 Å². The monoisotopic (exact) mass is 316 g/mol. The Hall–Kier alpha value is -1.17. The van der Waals surface area contributed by atoms with Gasteiger partial charge >= 0.3 is 5.97 Å². The molecule has 0 heterocycles. The molecule has 21 heavy (non-hydrogen) atoms. The van der Waals surface area contributed by atoms with Crippen LogP contribution >= 0.6 is 11.8 Å². The fourth-order valence-corrected chi connectivity index (χ4v) is 2.21. The third-order valence-electron chi connectivity index (χ3n) is 2.51. The van der Waals surface area contributed by atoms with Crippen molar-refractivity contribution in [3.05, 3.63) is 11.6 Å². The van der Waals surface area contributed by atoms with Crippen LogP contribution in [0.5, 0.6) is 0 Å². The van der Waals surface area contributed by atoms with Gasteiger partial charge in [-0.1, -0.05) is 39.3 Å². The predicted octanol–water partition coefficient (Wildman–Crippen LogP) is 2.15. The Morgan fingerprint density at radius 3 is 2.52 bits per heavy atom. The van der Waals surface area contributed by atoms with Gasteiger partial charge in [-0.2, -0.15) is 11.8 Å². The van der Waals surface area contributed by atoms with Gasteiger partial charge in [0.05, 0.1) is 7.11 Å². The van der Waals surface area contributed by atoms with Gasteiger partial charge in [0.15, 0.2) is 6.04 Å². The fraction of sp³-hybridized carbons (Fsp3) is 0.733. The lowest BCUT2D eigenvalue weighted by atomic mass is 10.2. The summed E-state index contributed by atoms with van der Waals surface area (Å²) in [5.74, 6) is 0.640. The molecule has 0 fully saturated rings. The van der Waals surface area contributed by atoms with Crippen LogP contribution in [-0.4, -0.2) is 42.3 Å². The molecule has 0 aliphatic heterocycles. The molecule has 0 radical (unpaired) electrons. The molecule has 122 valence electrons. The van der Waals surface area contributed by atoms with E-state index in [9.17, 15) is 9.90 Å². The molecule has 6 heteroatoms. The number of nitrogens with zero attached hydrogens (tertiary/aromatic N) is 1. The molecule has 0 rings (SSSR count). The summed E-state index contributed by atoms with van der Waals surface area (Å²) in [6.07, 6.45) is 2.37. The zero-order chi connectivity index (χ0) is 16.5. The highest BCUT2D eigenvalue weighted by Crippen LogP contribution is 2.12. The van der Waals surface area contributed by atoms with E-state index >= 15 is 0 Å². The summed E-state index contributed by atoms with van der Waals surface area (Å²) in [5, 5.41) is 11.7. The molecule has 0 amide bonds. The summed E-state index contributed by atoms with van der Waals surface area (Å²) < 4.78 is 9.76. The molecule has 0 aromatic rings. The van der Waals surface area contributed by atoms with E-state index in [-0.39, 0.29) is 0 Å². The van der Waals surface area contributed by atoms with Crippen molar-refractivity contribution in [2.45, 2.75) is 52.7 Å². The highest BCUT2D eigenvalue weighted by atomic mass is 32.2. The number of rotatable bonds is 7. The predicted molar refractivity (Wildman–Crippen MR) is 85.5 cm³/mol. The fourth-order valence-electron chi connectivity index (χ4n) is 1.23. The van der Waals surface area contributed by atoms with E-state index in [1.54, 1.807) is 20.8 Å². The zero-order valence-electron chi connectivity index (χ0n) is 13.8. The Balaban J connectivity index is 4.60. The summed E-state index contributed by atoms with van der Waals surface area (Å²) >= 11 is 1.53. The Labute approximate surface area is 131 Å². The van der Waals surface area contributed by atoms with Crippen molar-refractivity contribution < 1.29 is 19.4 Å². The molecule has 0 bridgehead atoms. The minimum Gasteiger partial charge on any atom is -0.595 e. The molecule has 0 saturated heterocycles. The molecule has 0 saturated carbocycles. The highest BCUT2D eigenvalue weighted by molar-refractivity contribution is 7.99. The quantitative estimate of drug-likeness (QED) is 0.237. The SMILES string of the molecule is CC/C(C)=C/CSC[C@H](N=C([O-])OC(C)(C)C)C(=O)OC. The van der Waals surface area contributed by atoms with Crippen LogP contribution in [0.4, 0.5) is 0 Å². The second kappa shape index (κ2) is 9.71. The van der Waals surface area contributed by atoms with E-state index < -0.39 is 23.7 Å².